The Hall–Kier alpha value is -2.46. The number of benzene rings is 2. The van der Waals surface area contributed by atoms with E-state index in [1.165, 1.54) is 0 Å². The maximum Gasteiger partial charge on any atom is 0.161 e. The first-order valence-corrected chi connectivity index (χ1v) is 7.83. The smallest absolute Gasteiger partial charge is 0.161 e. The monoisotopic (exact) mass is 346 g/mol. The first kappa shape index (κ1) is 17.9. The van der Waals surface area contributed by atoms with Gasteiger partial charge in [-0.2, -0.15) is 0 Å². The van der Waals surface area contributed by atoms with Crippen molar-refractivity contribution in [2.75, 3.05) is 20.8 Å². The fourth-order valence-corrected chi connectivity index (χ4v) is 2.54. The topological polar surface area (TPSA) is 44.8 Å². The van der Waals surface area contributed by atoms with Crippen LogP contribution in [-0.2, 0) is 4.79 Å². The molecule has 0 aliphatic heterocycles. The molecule has 126 valence electrons. The van der Waals surface area contributed by atoms with Gasteiger partial charge < -0.3 is 14.2 Å². The second kappa shape index (κ2) is 8.41. The van der Waals surface area contributed by atoms with Gasteiger partial charge in [-0.25, -0.2) is 0 Å². The van der Waals surface area contributed by atoms with Gasteiger partial charge in [0.15, 0.2) is 17.8 Å². The van der Waals surface area contributed by atoms with E-state index in [2.05, 4.69) is 0 Å². The highest BCUT2D eigenvalue weighted by Crippen LogP contribution is 2.35. The van der Waals surface area contributed by atoms with Crippen molar-refractivity contribution in [1.82, 2.24) is 0 Å². The Morgan fingerprint density at radius 1 is 1.00 bits per heavy atom. The lowest BCUT2D eigenvalue weighted by Crippen LogP contribution is -1.95. The van der Waals surface area contributed by atoms with Crippen molar-refractivity contribution in [3.05, 3.63) is 53.6 Å². The van der Waals surface area contributed by atoms with E-state index in [1.807, 2.05) is 6.92 Å². The molecule has 0 bridgehead atoms. The predicted octanol–water partition coefficient (Wildman–Crippen LogP) is 4.41. The van der Waals surface area contributed by atoms with Crippen LogP contribution in [0.4, 0.5) is 0 Å². The van der Waals surface area contributed by atoms with Gasteiger partial charge in [0.2, 0.25) is 0 Å². The van der Waals surface area contributed by atoms with Crippen LogP contribution in [0.2, 0.25) is 0 Å². The molecule has 2 aromatic rings. The lowest BCUT2D eigenvalue weighted by atomic mass is 10.0. The Bertz CT molecular complexity index is 736. The van der Waals surface area contributed by atoms with E-state index in [4.69, 9.17) is 25.8 Å². The average molecular weight is 347 g/mol. The van der Waals surface area contributed by atoms with E-state index in [9.17, 15) is 4.79 Å². The first-order chi connectivity index (χ1) is 11.6. The molecular weight excluding hydrogens is 328 g/mol. The zero-order valence-electron chi connectivity index (χ0n) is 13.8. The SMILES string of the molecule is CCOc1ccc(/C(C=O)=C(\Cl)c2ccc(OC)c(OC)c2)cc1. The van der Waals surface area contributed by atoms with Crippen LogP contribution in [0.5, 0.6) is 17.2 Å². The molecule has 0 radical (unpaired) electrons. The number of hydrogen-bond acceptors (Lipinski definition) is 4. The maximum atomic E-state index is 11.6. The lowest BCUT2D eigenvalue weighted by Gasteiger charge is -2.11. The Morgan fingerprint density at radius 3 is 2.17 bits per heavy atom. The number of carbonyl (C=O) groups excluding carboxylic acids is 1. The van der Waals surface area contributed by atoms with E-state index in [-0.39, 0.29) is 0 Å². The summed E-state index contributed by atoms with van der Waals surface area (Å²) in [4.78, 5) is 11.6. The molecule has 0 atom stereocenters. The van der Waals surface area contributed by atoms with E-state index in [1.54, 1.807) is 56.7 Å². The molecule has 0 aromatic heterocycles. The molecule has 0 unspecified atom stereocenters. The molecule has 0 saturated carbocycles. The summed E-state index contributed by atoms with van der Waals surface area (Å²) in [5.74, 6) is 1.89. The van der Waals surface area contributed by atoms with Gasteiger partial charge in [-0.3, -0.25) is 4.79 Å². The van der Waals surface area contributed by atoms with E-state index < -0.39 is 0 Å². The highest BCUT2D eigenvalue weighted by atomic mass is 35.5. The normalized spacial score (nSPS) is 11.5. The minimum Gasteiger partial charge on any atom is -0.494 e. The number of aldehydes is 1. The second-order valence-electron chi connectivity index (χ2n) is 4.87. The van der Waals surface area contributed by atoms with Gasteiger partial charge in [-0.1, -0.05) is 23.7 Å². The number of halogens is 1. The van der Waals surface area contributed by atoms with E-state index in [0.29, 0.717) is 39.8 Å². The highest BCUT2D eigenvalue weighted by molar-refractivity contribution is 6.55. The molecular formula is C19H19ClO4. The van der Waals surface area contributed by atoms with Crippen LogP contribution in [0.25, 0.3) is 10.6 Å². The Morgan fingerprint density at radius 2 is 1.62 bits per heavy atom. The van der Waals surface area contributed by atoms with Crippen molar-refractivity contribution >= 4 is 28.5 Å². The van der Waals surface area contributed by atoms with Crippen molar-refractivity contribution in [3.63, 3.8) is 0 Å². The minimum absolute atomic E-state index is 0.343. The van der Waals surface area contributed by atoms with Crippen molar-refractivity contribution in [2.45, 2.75) is 6.92 Å². The summed E-state index contributed by atoms with van der Waals surface area (Å²) in [5, 5.41) is 0.343. The van der Waals surface area contributed by atoms with Crippen molar-refractivity contribution in [2.24, 2.45) is 0 Å². The molecule has 0 aliphatic carbocycles. The maximum absolute atomic E-state index is 11.6. The van der Waals surface area contributed by atoms with Crippen LogP contribution >= 0.6 is 11.6 Å². The lowest BCUT2D eigenvalue weighted by molar-refractivity contribution is -0.103. The standard InChI is InChI=1S/C19H19ClO4/c1-4-24-15-8-5-13(6-9-15)16(12-21)19(20)14-7-10-17(22-2)18(11-14)23-3/h5-12H,4H2,1-3H3/b19-16-. The Labute approximate surface area is 146 Å². The molecule has 2 aromatic carbocycles. The number of allylic oxidation sites excluding steroid dienone is 1. The summed E-state index contributed by atoms with van der Waals surface area (Å²) in [6.45, 7) is 2.50. The van der Waals surface area contributed by atoms with Crippen molar-refractivity contribution < 1.29 is 19.0 Å². The minimum atomic E-state index is 0.343. The summed E-state index contributed by atoms with van der Waals surface area (Å²) in [6, 6.07) is 12.5. The molecule has 0 aliphatic rings. The van der Waals surface area contributed by atoms with E-state index in [0.717, 1.165) is 12.0 Å². The highest BCUT2D eigenvalue weighted by Gasteiger charge is 2.12. The zero-order chi connectivity index (χ0) is 17.5. The number of rotatable bonds is 7. The van der Waals surface area contributed by atoms with Gasteiger partial charge >= 0.3 is 0 Å². The fraction of sp³-hybridized carbons (Fsp3) is 0.211. The third-order valence-electron chi connectivity index (χ3n) is 3.47. The van der Waals surface area contributed by atoms with Gasteiger partial charge in [-0.05, 0) is 48.4 Å². The molecule has 0 amide bonds. The molecule has 5 heteroatoms. The van der Waals surface area contributed by atoms with Gasteiger partial charge in [0.05, 0.1) is 25.9 Å². The zero-order valence-corrected chi connectivity index (χ0v) is 14.6. The number of methoxy groups -OCH3 is 2. The van der Waals surface area contributed by atoms with Crippen LogP contribution < -0.4 is 14.2 Å². The van der Waals surface area contributed by atoms with Crippen molar-refractivity contribution in [3.8, 4) is 17.2 Å². The summed E-state index contributed by atoms with van der Waals surface area (Å²) in [6.07, 6.45) is 0.745. The van der Waals surface area contributed by atoms with Gasteiger partial charge in [0.1, 0.15) is 5.75 Å². The molecule has 0 heterocycles. The first-order valence-electron chi connectivity index (χ1n) is 7.45. The number of hydrogen-bond donors (Lipinski definition) is 0. The van der Waals surface area contributed by atoms with Crippen LogP contribution in [0, 0.1) is 0 Å². The fourth-order valence-electron chi connectivity index (χ4n) is 2.27. The van der Waals surface area contributed by atoms with E-state index >= 15 is 0 Å². The average Bonchev–Trinajstić information content (AvgIpc) is 2.63. The quantitative estimate of drug-likeness (QED) is 0.423. The number of carbonyl (C=O) groups is 1. The molecule has 0 N–H and O–H groups in total. The summed E-state index contributed by atoms with van der Waals surface area (Å²) >= 11 is 6.45. The van der Waals surface area contributed by atoms with Crippen LogP contribution in [0.1, 0.15) is 18.1 Å². The summed E-state index contributed by atoms with van der Waals surface area (Å²) < 4.78 is 15.9. The molecule has 0 fully saturated rings. The molecule has 2 rings (SSSR count). The van der Waals surface area contributed by atoms with Gasteiger partial charge in [0, 0.05) is 5.57 Å². The summed E-state index contributed by atoms with van der Waals surface area (Å²) in [5.41, 5.74) is 1.78. The molecule has 24 heavy (non-hydrogen) atoms. The number of ether oxygens (including phenoxy) is 3. The molecule has 0 spiro atoms. The summed E-state index contributed by atoms with van der Waals surface area (Å²) in [7, 11) is 3.11. The Kier molecular flexibility index (Phi) is 6.27. The third-order valence-corrected chi connectivity index (χ3v) is 3.89. The van der Waals surface area contributed by atoms with Crippen LogP contribution in [0.3, 0.4) is 0 Å². The largest absolute Gasteiger partial charge is 0.494 e. The molecule has 4 nitrogen and oxygen atoms in total. The van der Waals surface area contributed by atoms with Gasteiger partial charge in [-0.15, -0.1) is 0 Å². The predicted molar refractivity (Wildman–Crippen MR) is 95.9 cm³/mol. The second-order valence-corrected chi connectivity index (χ2v) is 5.25. The van der Waals surface area contributed by atoms with Crippen LogP contribution in [0.15, 0.2) is 42.5 Å². The van der Waals surface area contributed by atoms with Gasteiger partial charge in [0.25, 0.3) is 0 Å². The van der Waals surface area contributed by atoms with Crippen molar-refractivity contribution in [1.29, 1.82) is 0 Å². The third kappa shape index (κ3) is 3.89. The van der Waals surface area contributed by atoms with Crippen LogP contribution in [-0.4, -0.2) is 27.1 Å². The molecule has 0 saturated heterocycles. The Balaban J connectivity index is 2.44.